The van der Waals surface area contributed by atoms with E-state index in [0.29, 0.717) is 35.8 Å². The molecule has 0 aliphatic heterocycles. The van der Waals surface area contributed by atoms with Crippen LogP contribution in [-0.2, 0) is 6.54 Å². The third-order valence-electron chi connectivity index (χ3n) is 2.02. The van der Waals surface area contributed by atoms with E-state index in [9.17, 15) is 0 Å². The summed E-state index contributed by atoms with van der Waals surface area (Å²) in [6.45, 7) is 3.98. The first kappa shape index (κ1) is 11.3. The number of hydrogen-bond donors (Lipinski definition) is 1. The number of ether oxygens (including phenoxy) is 1. The van der Waals surface area contributed by atoms with E-state index < -0.39 is 0 Å². The molecule has 0 unspecified atom stereocenters. The molecule has 2 heterocycles. The number of methoxy groups -OCH3 is 1. The van der Waals surface area contributed by atoms with E-state index in [0.717, 1.165) is 0 Å². The van der Waals surface area contributed by atoms with E-state index in [2.05, 4.69) is 25.4 Å². The fraction of sp³-hybridized carbons (Fsp3) is 0.400. The van der Waals surface area contributed by atoms with Gasteiger partial charge in [-0.2, -0.15) is 9.97 Å². The largest absolute Gasteiger partial charge is 0.481 e. The van der Waals surface area contributed by atoms with E-state index in [4.69, 9.17) is 9.26 Å². The SMILES string of the molecule is COc1cc(NCc2noc(C)n2)nc(C)n1. The van der Waals surface area contributed by atoms with Crippen LogP contribution >= 0.6 is 0 Å². The second kappa shape index (κ2) is 4.77. The van der Waals surface area contributed by atoms with Crippen LogP contribution in [0.3, 0.4) is 0 Å². The van der Waals surface area contributed by atoms with Crippen LogP contribution in [0.2, 0.25) is 0 Å². The van der Waals surface area contributed by atoms with Crippen LogP contribution in [0.15, 0.2) is 10.6 Å². The van der Waals surface area contributed by atoms with Gasteiger partial charge in [0.25, 0.3) is 0 Å². The lowest BCUT2D eigenvalue weighted by Crippen LogP contribution is -2.05. The van der Waals surface area contributed by atoms with Gasteiger partial charge < -0.3 is 14.6 Å². The lowest BCUT2D eigenvalue weighted by molar-refractivity contribution is 0.388. The Morgan fingerprint density at radius 3 is 2.76 bits per heavy atom. The zero-order valence-corrected chi connectivity index (χ0v) is 9.89. The molecule has 0 fully saturated rings. The van der Waals surface area contributed by atoms with E-state index in [1.807, 2.05) is 0 Å². The average Bonchev–Trinajstić information content (AvgIpc) is 2.72. The van der Waals surface area contributed by atoms with Crippen molar-refractivity contribution >= 4 is 5.82 Å². The predicted molar refractivity (Wildman–Crippen MR) is 59.7 cm³/mol. The second-order valence-corrected chi connectivity index (χ2v) is 3.43. The van der Waals surface area contributed by atoms with E-state index in [1.165, 1.54) is 0 Å². The molecule has 2 rings (SSSR count). The summed E-state index contributed by atoms with van der Waals surface area (Å²) < 4.78 is 9.91. The number of aryl methyl sites for hydroxylation is 2. The molecule has 0 spiro atoms. The van der Waals surface area contributed by atoms with Crippen LogP contribution in [0.4, 0.5) is 5.82 Å². The molecular weight excluding hydrogens is 222 g/mol. The van der Waals surface area contributed by atoms with Gasteiger partial charge >= 0.3 is 0 Å². The molecule has 2 aromatic rings. The molecule has 0 aliphatic rings. The number of aromatic nitrogens is 4. The molecule has 0 bridgehead atoms. The predicted octanol–water partition coefficient (Wildman–Crippen LogP) is 1.10. The molecule has 0 radical (unpaired) electrons. The minimum Gasteiger partial charge on any atom is -0.481 e. The molecule has 1 N–H and O–H groups in total. The van der Waals surface area contributed by atoms with Gasteiger partial charge in [-0.25, -0.2) is 4.98 Å². The van der Waals surface area contributed by atoms with Gasteiger partial charge in [-0.05, 0) is 6.92 Å². The molecule has 90 valence electrons. The van der Waals surface area contributed by atoms with E-state index >= 15 is 0 Å². The van der Waals surface area contributed by atoms with Gasteiger partial charge in [-0.1, -0.05) is 5.16 Å². The zero-order valence-electron chi connectivity index (χ0n) is 9.89. The summed E-state index contributed by atoms with van der Waals surface area (Å²) in [4.78, 5) is 12.4. The summed E-state index contributed by atoms with van der Waals surface area (Å²) in [5.41, 5.74) is 0. The number of anilines is 1. The topological polar surface area (TPSA) is 86.0 Å². The Labute approximate surface area is 98.2 Å². The maximum Gasteiger partial charge on any atom is 0.223 e. The van der Waals surface area contributed by atoms with Gasteiger partial charge in [-0.3, -0.25) is 0 Å². The van der Waals surface area contributed by atoms with Crippen molar-refractivity contribution in [2.24, 2.45) is 0 Å². The number of nitrogens with zero attached hydrogens (tertiary/aromatic N) is 4. The Balaban J connectivity index is 2.05. The highest BCUT2D eigenvalue weighted by Gasteiger charge is 2.04. The van der Waals surface area contributed by atoms with Gasteiger partial charge in [0.1, 0.15) is 11.6 Å². The average molecular weight is 235 g/mol. The van der Waals surface area contributed by atoms with Gasteiger partial charge in [0, 0.05) is 13.0 Å². The Bertz CT molecular complexity index is 511. The fourth-order valence-electron chi connectivity index (χ4n) is 1.32. The van der Waals surface area contributed by atoms with E-state index in [1.54, 1.807) is 27.0 Å². The van der Waals surface area contributed by atoms with Crippen LogP contribution < -0.4 is 10.1 Å². The molecule has 0 aromatic carbocycles. The third-order valence-corrected chi connectivity index (χ3v) is 2.02. The molecule has 17 heavy (non-hydrogen) atoms. The maximum atomic E-state index is 5.05. The standard InChI is InChI=1S/C10H13N5O2/c1-6-12-8(4-10(13-6)16-3)11-5-9-14-7(2)17-15-9/h4H,5H2,1-3H3,(H,11,12,13). The van der Waals surface area contributed by atoms with Gasteiger partial charge in [0.2, 0.25) is 11.8 Å². The molecule has 7 nitrogen and oxygen atoms in total. The van der Waals surface area contributed by atoms with Crippen molar-refractivity contribution in [3.8, 4) is 5.88 Å². The summed E-state index contributed by atoms with van der Waals surface area (Å²) in [5, 5.41) is 6.85. The first-order valence-corrected chi connectivity index (χ1v) is 5.10. The lowest BCUT2D eigenvalue weighted by atomic mass is 10.5. The molecule has 0 aliphatic carbocycles. The fourth-order valence-corrected chi connectivity index (χ4v) is 1.32. The Hall–Kier alpha value is -2.18. The first-order valence-electron chi connectivity index (χ1n) is 5.10. The Kier molecular flexibility index (Phi) is 3.17. The van der Waals surface area contributed by atoms with Crippen molar-refractivity contribution in [2.45, 2.75) is 20.4 Å². The molecule has 2 aromatic heterocycles. The van der Waals surface area contributed by atoms with Crippen molar-refractivity contribution in [2.75, 3.05) is 12.4 Å². The van der Waals surface area contributed by atoms with Crippen molar-refractivity contribution in [1.29, 1.82) is 0 Å². The van der Waals surface area contributed by atoms with Crippen molar-refractivity contribution in [1.82, 2.24) is 20.1 Å². The van der Waals surface area contributed by atoms with Gasteiger partial charge in [-0.15, -0.1) is 0 Å². The van der Waals surface area contributed by atoms with Crippen LogP contribution in [0, 0.1) is 13.8 Å². The van der Waals surface area contributed by atoms with Crippen molar-refractivity contribution in [3.05, 3.63) is 23.6 Å². The lowest BCUT2D eigenvalue weighted by Gasteiger charge is -2.05. The summed E-state index contributed by atoms with van der Waals surface area (Å²) in [6.07, 6.45) is 0. The van der Waals surface area contributed by atoms with Crippen LogP contribution in [-0.4, -0.2) is 27.2 Å². The highest BCUT2D eigenvalue weighted by molar-refractivity contribution is 5.38. The maximum absolute atomic E-state index is 5.05. The third kappa shape index (κ3) is 2.90. The zero-order chi connectivity index (χ0) is 12.3. The molecule has 0 amide bonds. The van der Waals surface area contributed by atoms with Crippen molar-refractivity contribution < 1.29 is 9.26 Å². The molecule has 0 atom stereocenters. The Morgan fingerprint density at radius 1 is 1.29 bits per heavy atom. The van der Waals surface area contributed by atoms with Crippen LogP contribution in [0.1, 0.15) is 17.5 Å². The first-order chi connectivity index (χ1) is 8.17. The van der Waals surface area contributed by atoms with Crippen molar-refractivity contribution in [3.63, 3.8) is 0 Å². The monoisotopic (exact) mass is 235 g/mol. The highest BCUT2D eigenvalue weighted by Crippen LogP contribution is 2.13. The molecule has 0 saturated heterocycles. The normalized spacial score (nSPS) is 10.3. The number of rotatable bonds is 4. The summed E-state index contributed by atoms with van der Waals surface area (Å²) in [5.74, 6) is 2.94. The summed E-state index contributed by atoms with van der Waals surface area (Å²) >= 11 is 0. The molecule has 0 saturated carbocycles. The molecular formula is C10H13N5O2. The van der Waals surface area contributed by atoms with Gasteiger partial charge in [0.05, 0.1) is 13.7 Å². The van der Waals surface area contributed by atoms with E-state index in [-0.39, 0.29) is 0 Å². The summed E-state index contributed by atoms with van der Waals surface area (Å²) in [6, 6.07) is 1.71. The minimum atomic E-state index is 0.441. The van der Waals surface area contributed by atoms with Crippen LogP contribution in [0.5, 0.6) is 5.88 Å². The smallest absolute Gasteiger partial charge is 0.223 e. The van der Waals surface area contributed by atoms with Crippen LogP contribution in [0.25, 0.3) is 0 Å². The minimum absolute atomic E-state index is 0.441. The molecule has 7 heteroatoms. The number of hydrogen-bond acceptors (Lipinski definition) is 7. The highest BCUT2D eigenvalue weighted by atomic mass is 16.5. The second-order valence-electron chi connectivity index (χ2n) is 3.43. The quantitative estimate of drug-likeness (QED) is 0.848. The summed E-state index contributed by atoms with van der Waals surface area (Å²) in [7, 11) is 1.56. The Morgan fingerprint density at radius 2 is 2.12 bits per heavy atom. The van der Waals surface area contributed by atoms with Gasteiger partial charge in [0.15, 0.2) is 5.82 Å². The number of nitrogens with one attached hydrogen (secondary N) is 1.